The molecule has 1 heterocycles. The second-order valence-electron chi connectivity index (χ2n) is 4.48. The smallest absolute Gasteiger partial charge is 0.239 e. The molecule has 1 amide bonds. The van der Waals surface area contributed by atoms with Gasteiger partial charge in [0.1, 0.15) is 11.6 Å². The van der Waals surface area contributed by atoms with E-state index in [4.69, 9.17) is 5.73 Å². The second-order valence-corrected chi connectivity index (χ2v) is 4.48. The van der Waals surface area contributed by atoms with Crippen molar-refractivity contribution in [3.63, 3.8) is 0 Å². The quantitative estimate of drug-likeness (QED) is 0.689. The number of aromatic nitrogens is 2. The van der Waals surface area contributed by atoms with E-state index >= 15 is 0 Å². The maximum atomic E-state index is 11.5. The number of carbonyl (C=O) groups excluding carboxylic acids is 1. The minimum Gasteiger partial charge on any atom is -0.382 e. The summed E-state index contributed by atoms with van der Waals surface area (Å²) >= 11 is 0. The Balaban J connectivity index is 2.43. The number of nitrogens with two attached hydrogens (primary N) is 1. The number of anilines is 2. The van der Waals surface area contributed by atoms with Crippen molar-refractivity contribution in [2.75, 3.05) is 17.6 Å². The van der Waals surface area contributed by atoms with Gasteiger partial charge in [0, 0.05) is 5.54 Å². The van der Waals surface area contributed by atoms with Crippen molar-refractivity contribution in [3.8, 4) is 0 Å². The zero-order chi connectivity index (χ0) is 12.2. The van der Waals surface area contributed by atoms with Crippen LogP contribution in [0.2, 0.25) is 0 Å². The lowest BCUT2D eigenvalue weighted by atomic mass is 10.1. The van der Waals surface area contributed by atoms with Gasteiger partial charge in [-0.2, -0.15) is 0 Å². The molecule has 16 heavy (non-hydrogen) atoms. The predicted molar refractivity (Wildman–Crippen MR) is 62.8 cm³/mol. The number of rotatable bonds is 3. The molecule has 88 valence electrons. The molecular weight excluding hydrogens is 206 g/mol. The van der Waals surface area contributed by atoms with Gasteiger partial charge in [0.2, 0.25) is 5.91 Å². The van der Waals surface area contributed by atoms with Crippen LogP contribution >= 0.6 is 0 Å². The van der Waals surface area contributed by atoms with Crippen molar-refractivity contribution in [1.29, 1.82) is 0 Å². The number of hydrogen-bond donors (Lipinski definition) is 3. The van der Waals surface area contributed by atoms with Crippen LogP contribution in [0.1, 0.15) is 20.8 Å². The van der Waals surface area contributed by atoms with E-state index in [1.807, 2.05) is 20.8 Å². The highest BCUT2D eigenvalue weighted by atomic mass is 16.2. The van der Waals surface area contributed by atoms with E-state index in [2.05, 4.69) is 20.6 Å². The number of hydrogen-bond acceptors (Lipinski definition) is 5. The Morgan fingerprint density at radius 3 is 2.69 bits per heavy atom. The van der Waals surface area contributed by atoms with E-state index < -0.39 is 0 Å². The first-order valence-corrected chi connectivity index (χ1v) is 4.99. The summed E-state index contributed by atoms with van der Waals surface area (Å²) in [4.78, 5) is 19.3. The van der Waals surface area contributed by atoms with Crippen LogP contribution in [-0.2, 0) is 4.79 Å². The summed E-state index contributed by atoms with van der Waals surface area (Å²) in [6, 6.07) is 0. The van der Waals surface area contributed by atoms with Gasteiger partial charge in [-0.15, -0.1) is 0 Å². The van der Waals surface area contributed by atoms with Gasteiger partial charge in [-0.25, -0.2) is 4.98 Å². The highest BCUT2D eigenvalue weighted by Gasteiger charge is 2.13. The topological polar surface area (TPSA) is 92.9 Å². The van der Waals surface area contributed by atoms with Gasteiger partial charge in [0.05, 0.1) is 18.9 Å². The van der Waals surface area contributed by atoms with Crippen LogP contribution in [0.4, 0.5) is 11.6 Å². The van der Waals surface area contributed by atoms with Crippen molar-refractivity contribution < 1.29 is 4.79 Å². The van der Waals surface area contributed by atoms with Gasteiger partial charge in [0.15, 0.2) is 0 Å². The Morgan fingerprint density at radius 2 is 2.12 bits per heavy atom. The molecule has 0 saturated heterocycles. The van der Waals surface area contributed by atoms with Gasteiger partial charge < -0.3 is 16.4 Å². The second kappa shape index (κ2) is 4.78. The maximum absolute atomic E-state index is 11.5. The van der Waals surface area contributed by atoms with Crippen molar-refractivity contribution in [2.45, 2.75) is 26.3 Å². The third-order valence-electron chi connectivity index (χ3n) is 1.60. The molecule has 0 fully saturated rings. The van der Waals surface area contributed by atoms with Gasteiger partial charge >= 0.3 is 0 Å². The monoisotopic (exact) mass is 223 g/mol. The number of carbonyl (C=O) groups is 1. The predicted octanol–water partition coefficient (Wildman–Crippen LogP) is 0.385. The summed E-state index contributed by atoms with van der Waals surface area (Å²) in [5.74, 6) is 0.710. The van der Waals surface area contributed by atoms with Crippen molar-refractivity contribution >= 4 is 17.5 Å². The lowest BCUT2D eigenvalue weighted by Crippen LogP contribution is -2.43. The summed E-state index contributed by atoms with van der Waals surface area (Å²) in [6.07, 6.45) is 2.96. The summed E-state index contributed by atoms with van der Waals surface area (Å²) in [7, 11) is 0. The van der Waals surface area contributed by atoms with Crippen molar-refractivity contribution in [1.82, 2.24) is 15.3 Å². The maximum Gasteiger partial charge on any atom is 0.239 e. The molecule has 0 bridgehead atoms. The highest BCUT2D eigenvalue weighted by molar-refractivity contribution is 5.81. The average molecular weight is 223 g/mol. The van der Waals surface area contributed by atoms with Crippen LogP contribution in [0.5, 0.6) is 0 Å². The number of nitrogens with zero attached hydrogens (tertiary/aromatic N) is 2. The van der Waals surface area contributed by atoms with E-state index in [0.717, 1.165) is 0 Å². The molecule has 4 N–H and O–H groups in total. The molecule has 1 rings (SSSR count). The molecule has 0 aliphatic carbocycles. The minimum atomic E-state index is -0.236. The largest absolute Gasteiger partial charge is 0.382 e. The fraction of sp³-hybridized carbons (Fsp3) is 0.500. The summed E-state index contributed by atoms with van der Waals surface area (Å²) < 4.78 is 0. The van der Waals surface area contributed by atoms with Gasteiger partial charge in [-0.1, -0.05) is 0 Å². The standard InChI is InChI=1S/C10H17N5O/c1-10(2,3)15-9(16)6-13-8-5-12-4-7(11)14-8/h4-5H,6H2,1-3H3,(H,15,16)(H3,11,13,14). The Morgan fingerprint density at radius 1 is 1.44 bits per heavy atom. The van der Waals surface area contributed by atoms with Gasteiger partial charge in [-0.05, 0) is 20.8 Å². The van der Waals surface area contributed by atoms with Crippen LogP contribution in [0.3, 0.4) is 0 Å². The normalized spacial score (nSPS) is 10.9. The third-order valence-corrected chi connectivity index (χ3v) is 1.60. The Kier molecular flexibility index (Phi) is 3.65. The molecule has 0 aromatic carbocycles. The summed E-state index contributed by atoms with van der Waals surface area (Å²) in [5, 5.41) is 5.67. The van der Waals surface area contributed by atoms with E-state index in [0.29, 0.717) is 11.6 Å². The Bertz CT molecular complexity index is 372. The van der Waals surface area contributed by atoms with Gasteiger partial charge in [-0.3, -0.25) is 9.78 Å². The minimum absolute atomic E-state index is 0.100. The number of nitrogens with one attached hydrogen (secondary N) is 2. The fourth-order valence-corrected chi connectivity index (χ4v) is 1.10. The molecule has 6 nitrogen and oxygen atoms in total. The lowest BCUT2D eigenvalue weighted by molar-refractivity contribution is -0.120. The molecule has 0 aliphatic rings. The zero-order valence-corrected chi connectivity index (χ0v) is 9.74. The first kappa shape index (κ1) is 12.2. The number of nitrogen functional groups attached to an aromatic ring is 1. The van der Waals surface area contributed by atoms with Crippen LogP contribution in [0, 0.1) is 0 Å². The molecule has 0 atom stereocenters. The Labute approximate surface area is 94.7 Å². The molecule has 0 aliphatic heterocycles. The molecule has 6 heteroatoms. The van der Waals surface area contributed by atoms with Crippen LogP contribution in [0.15, 0.2) is 12.4 Å². The van der Waals surface area contributed by atoms with E-state index in [9.17, 15) is 4.79 Å². The van der Waals surface area contributed by atoms with Crippen molar-refractivity contribution in [3.05, 3.63) is 12.4 Å². The first-order valence-electron chi connectivity index (χ1n) is 4.99. The van der Waals surface area contributed by atoms with Crippen LogP contribution in [0.25, 0.3) is 0 Å². The van der Waals surface area contributed by atoms with Gasteiger partial charge in [0.25, 0.3) is 0 Å². The van der Waals surface area contributed by atoms with E-state index in [1.165, 1.54) is 12.4 Å². The first-order chi connectivity index (χ1) is 7.37. The molecule has 0 unspecified atom stereocenters. The molecule has 0 radical (unpaired) electrons. The molecule has 1 aromatic heterocycles. The SMILES string of the molecule is CC(C)(C)NC(=O)CNc1cncc(N)n1. The van der Waals surface area contributed by atoms with Crippen LogP contribution < -0.4 is 16.4 Å². The Hall–Kier alpha value is -1.85. The van der Waals surface area contributed by atoms with E-state index in [-0.39, 0.29) is 18.0 Å². The molecule has 0 saturated carbocycles. The molecular formula is C10H17N5O. The number of amides is 1. The molecule has 0 spiro atoms. The summed E-state index contributed by atoms with van der Waals surface area (Å²) in [5.41, 5.74) is 5.22. The van der Waals surface area contributed by atoms with E-state index in [1.54, 1.807) is 0 Å². The van der Waals surface area contributed by atoms with Crippen molar-refractivity contribution in [2.24, 2.45) is 0 Å². The molecule has 1 aromatic rings. The highest BCUT2D eigenvalue weighted by Crippen LogP contribution is 2.02. The third kappa shape index (κ3) is 4.59. The summed E-state index contributed by atoms with van der Waals surface area (Å²) in [6.45, 7) is 5.91. The average Bonchev–Trinajstić information content (AvgIpc) is 2.12. The zero-order valence-electron chi connectivity index (χ0n) is 9.74. The van der Waals surface area contributed by atoms with Crippen LogP contribution in [-0.4, -0.2) is 28.0 Å². The lowest BCUT2D eigenvalue weighted by Gasteiger charge is -2.20. The fourth-order valence-electron chi connectivity index (χ4n) is 1.10.